The standard InChI is InChI=1S/C15H13ClN2O3/c1-10-3-2-4-11(7-10)15(20)21-9-14(19)18-13-6-5-12(16)8-17-13/h2-8H,9H2,1H3,(H,17,18,19). The summed E-state index contributed by atoms with van der Waals surface area (Å²) in [6, 6.07) is 10.1. The summed E-state index contributed by atoms with van der Waals surface area (Å²) in [5, 5.41) is 2.97. The van der Waals surface area contributed by atoms with Crippen molar-refractivity contribution in [2.24, 2.45) is 0 Å². The molecule has 1 aromatic carbocycles. The number of carbonyl (C=O) groups excluding carboxylic acids is 2. The molecule has 2 rings (SSSR count). The fraction of sp³-hybridized carbons (Fsp3) is 0.133. The molecule has 0 aliphatic rings. The van der Waals surface area contributed by atoms with Gasteiger partial charge in [0.15, 0.2) is 6.61 Å². The lowest BCUT2D eigenvalue weighted by Crippen LogP contribution is -2.21. The summed E-state index contributed by atoms with van der Waals surface area (Å²) < 4.78 is 4.94. The van der Waals surface area contributed by atoms with Crippen LogP contribution in [-0.2, 0) is 9.53 Å². The number of aromatic nitrogens is 1. The number of nitrogens with zero attached hydrogens (tertiary/aromatic N) is 1. The third kappa shape index (κ3) is 4.57. The van der Waals surface area contributed by atoms with Crippen LogP contribution in [0.25, 0.3) is 0 Å². The highest BCUT2D eigenvalue weighted by Crippen LogP contribution is 2.09. The van der Waals surface area contributed by atoms with Gasteiger partial charge >= 0.3 is 5.97 Å². The van der Waals surface area contributed by atoms with Gasteiger partial charge in [-0.3, -0.25) is 4.79 Å². The zero-order chi connectivity index (χ0) is 15.2. The van der Waals surface area contributed by atoms with Gasteiger partial charge in [0.25, 0.3) is 5.91 Å². The Morgan fingerprint density at radius 1 is 1.29 bits per heavy atom. The highest BCUT2D eigenvalue weighted by Gasteiger charge is 2.10. The highest BCUT2D eigenvalue weighted by molar-refractivity contribution is 6.30. The number of esters is 1. The normalized spacial score (nSPS) is 10.0. The molecule has 0 spiro atoms. The molecule has 21 heavy (non-hydrogen) atoms. The molecule has 0 bridgehead atoms. The van der Waals surface area contributed by atoms with E-state index in [-0.39, 0.29) is 6.61 Å². The predicted molar refractivity (Wildman–Crippen MR) is 79.3 cm³/mol. The van der Waals surface area contributed by atoms with E-state index in [0.29, 0.717) is 16.4 Å². The lowest BCUT2D eigenvalue weighted by Gasteiger charge is -2.06. The van der Waals surface area contributed by atoms with Gasteiger partial charge in [0, 0.05) is 6.20 Å². The molecule has 1 amide bonds. The maximum Gasteiger partial charge on any atom is 0.338 e. The number of aryl methyl sites for hydroxylation is 1. The highest BCUT2D eigenvalue weighted by atomic mass is 35.5. The summed E-state index contributed by atoms with van der Waals surface area (Å²) in [5.41, 5.74) is 1.35. The molecule has 0 saturated heterocycles. The lowest BCUT2D eigenvalue weighted by molar-refractivity contribution is -0.119. The summed E-state index contributed by atoms with van der Waals surface area (Å²) in [7, 11) is 0. The van der Waals surface area contributed by atoms with Crippen LogP contribution in [0.5, 0.6) is 0 Å². The average molecular weight is 305 g/mol. The first-order chi connectivity index (χ1) is 10.0. The first-order valence-electron chi connectivity index (χ1n) is 6.20. The molecule has 2 aromatic rings. The summed E-state index contributed by atoms with van der Waals surface area (Å²) in [4.78, 5) is 27.3. The monoisotopic (exact) mass is 304 g/mol. The van der Waals surface area contributed by atoms with Crippen LogP contribution in [0, 0.1) is 6.92 Å². The van der Waals surface area contributed by atoms with E-state index in [1.165, 1.54) is 6.20 Å². The number of anilines is 1. The number of hydrogen-bond donors (Lipinski definition) is 1. The van der Waals surface area contributed by atoms with Gasteiger partial charge in [-0.2, -0.15) is 0 Å². The average Bonchev–Trinajstić information content (AvgIpc) is 2.47. The van der Waals surface area contributed by atoms with E-state index in [9.17, 15) is 9.59 Å². The number of hydrogen-bond acceptors (Lipinski definition) is 4. The number of halogens is 1. The molecule has 0 fully saturated rings. The van der Waals surface area contributed by atoms with E-state index in [2.05, 4.69) is 10.3 Å². The Morgan fingerprint density at radius 3 is 2.76 bits per heavy atom. The third-order valence-corrected chi connectivity index (χ3v) is 2.81. The van der Waals surface area contributed by atoms with Crippen molar-refractivity contribution in [3.05, 3.63) is 58.7 Å². The van der Waals surface area contributed by atoms with Gasteiger partial charge in [-0.05, 0) is 31.2 Å². The van der Waals surface area contributed by atoms with Crippen molar-refractivity contribution in [2.75, 3.05) is 11.9 Å². The topological polar surface area (TPSA) is 68.3 Å². The van der Waals surface area contributed by atoms with Crippen molar-refractivity contribution in [1.82, 2.24) is 4.98 Å². The number of carbonyl (C=O) groups is 2. The van der Waals surface area contributed by atoms with E-state index < -0.39 is 11.9 Å². The largest absolute Gasteiger partial charge is 0.452 e. The molecule has 1 N–H and O–H groups in total. The Kier molecular flexibility index (Phi) is 4.90. The number of rotatable bonds is 4. The minimum atomic E-state index is -0.544. The number of benzene rings is 1. The first-order valence-corrected chi connectivity index (χ1v) is 6.57. The minimum Gasteiger partial charge on any atom is -0.452 e. The van der Waals surface area contributed by atoms with Crippen molar-refractivity contribution >= 4 is 29.3 Å². The zero-order valence-corrected chi connectivity index (χ0v) is 12.1. The second kappa shape index (κ2) is 6.85. The molecule has 108 valence electrons. The van der Waals surface area contributed by atoms with Gasteiger partial charge in [0.05, 0.1) is 10.6 Å². The molecule has 0 atom stereocenters. The van der Waals surface area contributed by atoms with Crippen LogP contribution in [0.15, 0.2) is 42.6 Å². The number of nitrogens with one attached hydrogen (secondary N) is 1. The van der Waals surface area contributed by atoms with Crippen LogP contribution < -0.4 is 5.32 Å². The van der Waals surface area contributed by atoms with E-state index >= 15 is 0 Å². The first kappa shape index (κ1) is 15.0. The number of amides is 1. The number of pyridine rings is 1. The number of ether oxygens (including phenoxy) is 1. The van der Waals surface area contributed by atoms with Gasteiger partial charge in [-0.1, -0.05) is 29.3 Å². The maximum absolute atomic E-state index is 11.8. The summed E-state index contributed by atoms with van der Waals surface area (Å²) >= 11 is 5.69. The van der Waals surface area contributed by atoms with Crippen LogP contribution in [0.3, 0.4) is 0 Å². The Balaban J connectivity index is 1.86. The fourth-order valence-electron chi connectivity index (χ4n) is 1.62. The van der Waals surface area contributed by atoms with Crippen LogP contribution in [-0.4, -0.2) is 23.5 Å². The van der Waals surface area contributed by atoms with E-state index in [4.69, 9.17) is 16.3 Å². The second-order valence-corrected chi connectivity index (χ2v) is 4.79. The van der Waals surface area contributed by atoms with Crippen LogP contribution in [0.1, 0.15) is 15.9 Å². The molecule has 0 aliphatic heterocycles. The Hall–Kier alpha value is -2.40. The van der Waals surface area contributed by atoms with Crippen molar-refractivity contribution in [3.63, 3.8) is 0 Å². The van der Waals surface area contributed by atoms with E-state index in [0.717, 1.165) is 5.56 Å². The van der Waals surface area contributed by atoms with Crippen LogP contribution in [0.2, 0.25) is 5.02 Å². The molecule has 0 saturated carbocycles. The van der Waals surface area contributed by atoms with Crippen LogP contribution in [0.4, 0.5) is 5.82 Å². The lowest BCUT2D eigenvalue weighted by atomic mass is 10.1. The van der Waals surface area contributed by atoms with Gasteiger partial charge in [-0.15, -0.1) is 0 Å². The maximum atomic E-state index is 11.8. The molecule has 1 aromatic heterocycles. The summed E-state index contributed by atoms with van der Waals surface area (Å²) in [6.45, 7) is 1.49. The Bertz CT molecular complexity index is 656. The molecule has 0 unspecified atom stereocenters. The fourth-order valence-corrected chi connectivity index (χ4v) is 1.73. The van der Waals surface area contributed by atoms with Gasteiger partial charge < -0.3 is 10.1 Å². The molecule has 6 heteroatoms. The molecular formula is C15H13ClN2O3. The smallest absolute Gasteiger partial charge is 0.338 e. The Labute approximate surface area is 126 Å². The van der Waals surface area contributed by atoms with Crippen molar-refractivity contribution in [1.29, 1.82) is 0 Å². The molecule has 5 nitrogen and oxygen atoms in total. The SMILES string of the molecule is Cc1cccc(C(=O)OCC(=O)Nc2ccc(Cl)cn2)c1. The van der Waals surface area contributed by atoms with Crippen molar-refractivity contribution in [2.45, 2.75) is 6.92 Å². The molecule has 1 heterocycles. The quantitative estimate of drug-likeness (QED) is 0.882. The van der Waals surface area contributed by atoms with E-state index in [1.807, 2.05) is 13.0 Å². The molecule has 0 radical (unpaired) electrons. The predicted octanol–water partition coefficient (Wildman–Crippen LogP) is 2.84. The van der Waals surface area contributed by atoms with Crippen molar-refractivity contribution in [3.8, 4) is 0 Å². The van der Waals surface area contributed by atoms with Gasteiger partial charge in [-0.25, -0.2) is 9.78 Å². The van der Waals surface area contributed by atoms with Gasteiger partial charge in [0.2, 0.25) is 0 Å². The molecule has 0 aliphatic carbocycles. The summed E-state index contributed by atoms with van der Waals surface area (Å²) in [6.07, 6.45) is 1.41. The zero-order valence-electron chi connectivity index (χ0n) is 11.3. The second-order valence-electron chi connectivity index (χ2n) is 4.36. The van der Waals surface area contributed by atoms with Crippen LogP contribution >= 0.6 is 11.6 Å². The van der Waals surface area contributed by atoms with Gasteiger partial charge in [0.1, 0.15) is 5.82 Å². The Morgan fingerprint density at radius 2 is 2.10 bits per heavy atom. The minimum absolute atomic E-state index is 0.344. The molecular weight excluding hydrogens is 292 g/mol. The third-order valence-electron chi connectivity index (χ3n) is 2.58. The van der Waals surface area contributed by atoms with Crippen molar-refractivity contribution < 1.29 is 14.3 Å². The van der Waals surface area contributed by atoms with E-state index in [1.54, 1.807) is 30.3 Å². The summed E-state index contributed by atoms with van der Waals surface area (Å²) in [5.74, 6) is -0.667.